The van der Waals surface area contributed by atoms with Crippen LogP contribution in [-0.2, 0) is 16.8 Å². The molecule has 2 atom stereocenters. The lowest BCUT2D eigenvalue weighted by molar-refractivity contribution is -0.105. The zero-order valence-corrected chi connectivity index (χ0v) is 31.2. The summed E-state index contributed by atoms with van der Waals surface area (Å²) < 4.78 is 5.96. The van der Waals surface area contributed by atoms with E-state index in [9.17, 15) is 4.79 Å². The van der Waals surface area contributed by atoms with Gasteiger partial charge in [0.2, 0.25) is 0 Å². The minimum atomic E-state index is 0.241. The van der Waals surface area contributed by atoms with Crippen molar-refractivity contribution in [2.45, 2.75) is 112 Å². The Morgan fingerprint density at radius 1 is 1.02 bits per heavy atom. The van der Waals surface area contributed by atoms with E-state index in [1.165, 1.54) is 65.7 Å². The normalized spacial score (nSPS) is 15.9. The highest BCUT2D eigenvalue weighted by Crippen LogP contribution is 2.45. The SMILES string of the molecule is CC.CCC(C)/C(C=O)=C\C(=C(/C)SC)c1cccc(C)c1.CCCCCC1(CCC)COc2ccc(CN)cc21.CO.CO. The second kappa shape index (κ2) is 26.8. The third-order valence-electron chi connectivity index (χ3n) is 7.99. The van der Waals surface area contributed by atoms with Crippen LogP contribution in [0.15, 0.2) is 59.0 Å². The first-order chi connectivity index (χ1) is 21.8. The standard InChI is InChI=1S/C18H24OS.C17H27NO.C2H6.2CH4O/c1-6-14(3)17(12-19)11-18(15(4)20-5)16-9-7-8-13(2)10-16;1-3-5-6-10-17(9-4-2)13-19-16-8-7-14(12-18)11-15(16)17;3*1-2/h7-12,14H,6H2,1-5H3;7-8,11H,3-6,9-10,12-13,18H2,1-2H3;1-2H3;2*2H,1H3/b17-11-,18-15-;;;;. The Hall–Kier alpha value is -2.38. The number of allylic oxidation sites excluding steroid dienone is 4. The van der Waals surface area contributed by atoms with Gasteiger partial charge in [0.1, 0.15) is 12.0 Å². The lowest BCUT2D eigenvalue weighted by Crippen LogP contribution is -2.28. The van der Waals surface area contributed by atoms with Crippen LogP contribution >= 0.6 is 11.8 Å². The molecule has 1 heterocycles. The molecule has 2 aromatic rings. The van der Waals surface area contributed by atoms with Gasteiger partial charge in [-0.15, -0.1) is 11.8 Å². The number of nitrogens with two attached hydrogens (primary N) is 1. The van der Waals surface area contributed by atoms with Crippen molar-refractivity contribution in [1.29, 1.82) is 0 Å². The van der Waals surface area contributed by atoms with Crippen molar-refractivity contribution in [2.24, 2.45) is 11.7 Å². The minimum Gasteiger partial charge on any atom is -0.492 e. The summed E-state index contributed by atoms with van der Waals surface area (Å²) in [5.74, 6) is 1.38. The second-order valence-electron chi connectivity index (χ2n) is 10.9. The van der Waals surface area contributed by atoms with Crippen LogP contribution in [0.2, 0.25) is 0 Å². The second-order valence-corrected chi connectivity index (χ2v) is 11.9. The van der Waals surface area contributed by atoms with Gasteiger partial charge in [0.15, 0.2) is 0 Å². The van der Waals surface area contributed by atoms with E-state index in [2.05, 4.69) is 96.3 Å². The van der Waals surface area contributed by atoms with E-state index in [1.54, 1.807) is 11.8 Å². The maximum atomic E-state index is 11.4. The highest BCUT2D eigenvalue weighted by atomic mass is 32.2. The van der Waals surface area contributed by atoms with E-state index >= 15 is 0 Å². The van der Waals surface area contributed by atoms with Crippen LogP contribution in [0.4, 0.5) is 0 Å². The van der Waals surface area contributed by atoms with Crippen molar-refractivity contribution in [3.63, 3.8) is 0 Å². The Balaban J connectivity index is 0. The van der Waals surface area contributed by atoms with Gasteiger partial charge in [0.05, 0.1) is 6.61 Å². The summed E-state index contributed by atoms with van der Waals surface area (Å²) in [4.78, 5) is 12.6. The van der Waals surface area contributed by atoms with E-state index in [1.807, 2.05) is 13.8 Å². The number of hydrogen-bond donors (Lipinski definition) is 3. The molecular weight excluding hydrogens is 578 g/mol. The first-order valence-corrected chi connectivity index (χ1v) is 17.9. The summed E-state index contributed by atoms with van der Waals surface area (Å²) in [6.45, 7) is 18.4. The third kappa shape index (κ3) is 14.7. The van der Waals surface area contributed by atoms with Gasteiger partial charge in [-0.2, -0.15) is 0 Å². The Bertz CT molecular complexity index is 1120. The molecule has 1 aliphatic rings. The molecule has 4 N–H and O–H groups in total. The van der Waals surface area contributed by atoms with Crippen LogP contribution in [0.3, 0.4) is 0 Å². The van der Waals surface area contributed by atoms with Crippen molar-refractivity contribution in [2.75, 3.05) is 27.1 Å². The lowest BCUT2D eigenvalue weighted by Gasteiger charge is -2.28. The van der Waals surface area contributed by atoms with Crippen LogP contribution < -0.4 is 10.5 Å². The molecule has 3 rings (SSSR count). The molecule has 1 aliphatic heterocycles. The molecule has 6 heteroatoms. The molecule has 0 fully saturated rings. The largest absolute Gasteiger partial charge is 0.492 e. The molecule has 0 amide bonds. The molecule has 0 radical (unpaired) electrons. The molecule has 256 valence electrons. The smallest absolute Gasteiger partial charge is 0.146 e. The summed E-state index contributed by atoms with van der Waals surface area (Å²) in [7, 11) is 2.00. The summed E-state index contributed by atoms with van der Waals surface area (Å²) in [6, 6.07) is 14.9. The molecule has 2 unspecified atom stereocenters. The van der Waals surface area contributed by atoms with Crippen LogP contribution in [0, 0.1) is 12.8 Å². The highest BCUT2D eigenvalue weighted by Gasteiger charge is 2.39. The Kier molecular flexibility index (Phi) is 26.6. The van der Waals surface area contributed by atoms with E-state index in [4.69, 9.17) is 20.7 Å². The van der Waals surface area contributed by atoms with Gasteiger partial charge >= 0.3 is 0 Å². The number of fused-ring (bicyclic) bond motifs is 1. The fraction of sp³-hybridized carbons (Fsp3) is 0.564. The molecule has 45 heavy (non-hydrogen) atoms. The van der Waals surface area contributed by atoms with E-state index in [0.717, 1.165) is 50.4 Å². The van der Waals surface area contributed by atoms with Gasteiger partial charge in [-0.05, 0) is 84.6 Å². The number of unbranched alkanes of at least 4 members (excludes halogenated alkanes) is 2. The number of rotatable bonds is 13. The number of carbonyl (C=O) groups excluding carboxylic acids is 1. The summed E-state index contributed by atoms with van der Waals surface area (Å²) in [5, 5.41) is 14.0. The zero-order valence-electron chi connectivity index (χ0n) is 30.3. The fourth-order valence-corrected chi connectivity index (χ4v) is 5.67. The number of ether oxygens (including phenoxy) is 1. The predicted molar refractivity (Wildman–Crippen MR) is 199 cm³/mol. The van der Waals surface area contributed by atoms with Crippen molar-refractivity contribution in [3.05, 3.63) is 81.3 Å². The highest BCUT2D eigenvalue weighted by molar-refractivity contribution is 8.02. The fourth-order valence-electron chi connectivity index (χ4n) is 5.27. The van der Waals surface area contributed by atoms with Crippen molar-refractivity contribution in [3.8, 4) is 5.75 Å². The maximum Gasteiger partial charge on any atom is 0.146 e. The van der Waals surface area contributed by atoms with Crippen LogP contribution in [0.5, 0.6) is 5.75 Å². The van der Waals surface area contributed by atoms with Gasteiger partial charge < -0.3 is 20.7 Å². The molecule has 0 saturated carbocycles. The van der Waals surface area contributed by atoms with E-state index in [-0.39, 0.29) is 5.41 Å². The average Bonchev–Trinajstić information content (AvgIpc) is 3.45. The molecule has 0 bridgehead atoms. The summed E-state index contributed by atoms with van der Waals surface area (Å²) in [5.41, 5.74) is 13.1. The quantitative estimate of drug-likeness (QED) is 0.0871. The Labute approximate surface area is 280 Å². The third-order valence-corrected chi connectivity index (χ3v) is 8.82. The van der Waals surface area contributed by atoms with Gasteiger partial charge in [-0.1, -0.05) is 109 Å². The Morgan fingerprint density at radius 2 is 1.69 bits per heavy atom. The van der Waals surface area contributed by atoms with E-state index < -0.39 is 0 Å². The number of aliphatic hydroxyl groups is 2. The molecular formula is C39H65NO4S. The van der Waals surface area contributed by atoms with Crippen LogP contribution in [0.25, 0.3) is 5.57 Å². The topological polar surface area (TPSA) is 92.8 Å². The maximum absolute atomic E-state index is 11.4. The zero-order chi connectivity index (χ0) is 34.8. The summed E-state index contributed by atoms with van der Waals surface area (Å²) >= 11 is 1.72. The molecule has 0 saturated heterocycles. The number of thioether (sulfide) groups is 1. The first-order valence-electron chi connectivity index (χ1n) is 16.6. The summed E-state index contributed by atoms with van der Waals surface area (Å²) in [6.07, 6.45) is 13.7. The van der Waals surface area contributed by atoms with Crippen LogP contribution in [-0.4, -0.2) is 43.6 Å². The predicted octanol–water partition coefficient (Wildman–Crippen LogP) is 9.66. The van der Waals surface area contributed by atoms with Crippen molar-refractivity contribution in [1.82, 2.24) is 0 Å². The minimum absolute atomic E-state index is 0.241. The van der Waals surface area contributed by atoms with Crippen LogP contribution in [0.1, 0.15) is 116 Å². The van der Waals surface area contributed by atoms with Gasteiger partial charge in [-0.25, -0.2) is 0 Å². The lowest BCUT2D eigenvalue weighted by atomic mass is 9.74. The number of hydrogen-bond acceptors (Lipinski definition) is 6. The van der Waals surface area contributed by atoms with Gasteiger partial charge in [0.25, 0.3) is 0 Å². The number of aliphatic hydroxyl groups excluding tert-OH is 2. The average molecular weight is 644 g/mol. The molecule has 5 nitrogen and oxygen atoms in total. The van der Waals surface area contributed by atoms with Crippen molar-refractivity contribution >= 4 is 23.6 Å². The number of benzene rings is 2. The molecule has 2 aromatic carbocycles. The number of aryl methyl sites for hydroxylation is 1. The molecule has 0 aliphatic carbocycles. The van der Waals surface area contributed by atoms with E-state index in [0.29, 0.717) is 12.5 Å². The van der Waals surface area contributed by atoms with Gasteiger partial charge in [0, 0.05) is 31.7 Å². The number of carbonyl (C=O) groups is 1. The first kappa shape index (κ1) is 44.7. The van der Waals surface area contributed by atoms with Crippen molar-refractivity contribution < 1.29 is 19.7 Å². The molecule has 0 aromatic heterocycles. The van der Waals surface area contributed by atoms with Gasteiger partial charge in [-0.3, -0.25) is 4.79 Å². The Morgan fingerprint density at radius 3 is 2.20 bits per heavy atom. The number of aldehydes is 1. The monoisotopic (exact) mass is 643 g/mol. The molecule has 0 spiro atoms.